The monoisotopic (exact) mass is 786 g/mol. The molecule has 290 valence electrons. The summed E-state index contributed by atoms with van der Waals surface area (Å²) in [6.07, 6.45) is 11.4. The Hall–Kier alpha value is -4.53. The van der Waals surface area contributed by atoms with Crippen LogP contribution in [0, 0.1) is 0 Å². The van der Waals surface area contributed by atoms with E-state index in [-0.39, 0.29) is 19.3 Å². The van der Waals surface area contributed by atoms with E-state index in [4.69, 9.17) is 15.1 Å². The quantitative estimate of drug-likeness (QED) is 0.0218. The predicted octanol–water partition coefficient (Wildman–Crippen LogP) is 5.14. The summed E-state index contributed by atoms with van der Waals surface area (Å²) >= 11 is 0.696. The zero-order chi connectivity index (χ0) is 39.3. The zero-order valence-corrected chi connectivity index (χ0v) is 32.3. The Morgan fingerprint density at radius 1 is 1.11 bits per heavy atom. The van der Waals surface area contributed by atoms with Crippen molar-refractivity contribution in [1.29, 1.82) is 0 Å². The number of pyridine rings is 2. The molecule has 19 heteroatoms. The van der Waals surface area contributed by atoms with Crippen molar-refractivity contribution in [2.24, 2.45) is 9.98 Å². The van der Waals surface area contributed by atoms with Gasteiger partial charge in [0.15, 0.2) is 5.71 Å². The number of nitrogens with one attached hydrogen (secondary N) is 1. The van der Waals surface area contributed by atoms with Crippen LogP contribution < -0.4 is 14.8 Å². The minimum atomic E-state index is -4.21. The lowest BCUT2D eigenvalue weighted by Crippen LogP contribution is -2.35. The SMILES string of the molecule is CCN1/C(=C/C=C/C2=Nc3c(cc(N=CSOOO)c[n+]3CCCCCC(=O)ON3C(=O)CCC3=O)C2(C)C)C(C)(C)c2cc(NCS(=O)(=O)O)cnc21. The molecule has 3 aliphatic heterocycles. The highest BCUT2D eigenvalue weighted by Crippen LogP contribution is 2.47. The number of hydroxylamine groups is 2. The minimum absolute atomic E-state index is 0.0407. The second-order valence-corrected chi connectivity index (χ2v) is 15.9. The van der Waals surface area contributed by atoms with Gasteiger partial charge < -0.3 is 15.1 Å². The molecule has 0 aromatic carbocycles. The lowest BCUT2D eigenvalue weighted by Gasteiger charge is -2.25. The number of aryl methyl sites for hydroxylation is 1. The number of unbranched alkanes of at least 4 members (excludes halogenated alkanes) is 2. The Kier molecular flexibility index (Phi) is 12.7. The number of fused-ring (bicyclic) bond motifs is 2. The first kappa shape index (κ1) is 40.7. The number of hydrogen-bond acceptors (Lipinski definition) is 15. The molecule has 3 aliphatic rings. The number of likely N-dealkylation sites (N-methyl/N-ethyl adjacent to an activating group) is 1. The molecule has 0 radical (unpaired) electrons. The number of nitrogens with zero attached hydrogens (tertiary/aromatic N) is 6. The third-order valence-electron chi connectivity index (χ3n) is 9.44. The van der Waals surface area contributed by atoms with Crippen molar-refractivity contribution in [2.45, 2.75) is 90.5 Å². The second kappa shape index (κ2) is 16.9. The van der Waals surface area contributed by atoms with E-state index in [0.29, 0.717) is 60.8 Å². The molecule has 2 aromatic heterocycles. The molecule has 0 saturated carbocycles. The topological polar surface area (TPSA) is 213 Å². The Labute approximate surface area is 317 Å². The van der Waals surface area contributed by atoms with Crippen LogP contribution in [-0.4, -0.2) is 69.7 Å². The molecule has 0 unspecified atom stereocenters. The molecule has 54 heavy (non-hydrogen) atoms. The summed E-state index contributed by atoms with van der Waals surface area (Å²) in [6.45, 7) is 11.5. The van der Waals surface area contributed by atoms with Crippen LogP contribution in [0.4, 0.5) is 23.0 Å². The lowest BCUT2D eigenvalue weighted by atomic mass is 9.81. The van der Waals surface area contributed by atoms with Gasteiger partial charge in [-0.1, -0.05) is 25.0 Å². The maximum absolute atomic E-state index is 12.3. The van der Waals surface area contributed by atoms with E-state index >= 15 is 0 Å². The van der Waals surface area contributed by atoms with Gasteiger partial charge in [-0.15, -0.1) is 9.40 Å². The number of allylic oxidation sites excluding steroid dienone is 4. The fraction of sp³-hybridized carbons (Fsp3) is 0.457. The van der Waals surface area contributed by atoms with Gasteiger partial charge in [0.05, 0.1) is 47.0 Å². The number of carbonyl (C=O) groups excluding carboxylic acids is 3. The molecule has 0 aliphatic carbocycles. The normalized spacial score (nSPS) is 18.3. The van der Waals surface area contributed by atoms with Crippen LogP contribution in [0.25, 0.3) is 0 Å². The Bertz CT molecular complexity index is 2010. The van der Waals surface area contributed by atoms with Crippen LogP contribution in [0.3, 0.4) is 0 Å². The summed E-state index contributed by atoms with van der Waals surface area (Å²) in [7, 11) is -4.21. The van der Waals surface area contributed by atoms with Gasteiger partial charge in [0, 0.05) is 42.5 Å². The van der Waals surface area contributed by atoms with Gasteiger partial charge in [0.25, 0.3) is 21.9 Å². The highest BCUT2D eigenvalue weighted by atomic mass is 32.2. The van der Waals surface area contributed by atoms with Crippen LogP contribution in [0.15, 0.2) is 58.4 Å². The molecule has 5 heterocycles. The molecule has 0 spiro atoms. The van der Waals surface area contributed by atoms with E-state index in [0.717, 1.165) is 34.2 Å². The van der Waals surface area contributed by atoms with Crippen LogP contribution >= 0.6 is 12.0 Å². The van der Waals surface area contributed by atoms with Crippen molar-refractivity contribution in [2.75, 3.05) is 22.6 Å². The molecular formula is C35H44N7O10S2+. The molecule has 3 N–H and O–H groups in total. The average molecular weight is 787 g/mol. The number of amides is 2. The molecule has 5 rings (SSSR count). The third-order valence-corrected chi connectivity index (χ3v) is 10.3. The van der Waals surface area contributed by atoms with E-state index in [2.05, 4.69) is 57.3 Å². The van der Waals surface area contributed by atoms with Gasteiger partial charge in [-0.2, -0.15) is 8.42 Å². The van der Waals surface area contributed by atoms with Crippen LogP contribution in [-0.2, 0) is 56.1 Å². The molecule has 0 bridgehead atoms. The second-order valence-electron chi connectivity index (χ2n) is 13.9. The number of anilines is 2. The van der Waals surface area contributed by atoms with E-state index in [1.807, 2.05) is 48.0 Å². The molecule has 0 atom stereocenters. The van der Waals surface area contributed by atoms with E-state index < -0.39 is 44.6 Å². The first-order valence-electron chi connectivity index (χ1n) is 17.3. The lowest BCUT2D eigenvalue weighted by molar-refractivity contribution is -0.684. The van der Waals surface area contributed by atoms with Gasteiger partial charge in [-0.05, 0) is 69.3 Å². The number of imide groups is 1. The van der Waals surface area contributed by atoms with Gasteiger partial charge in [0.2, 0.25) is 0 Å². The number of aromatic nitrogens is 2. The van der Waals surface area contributed by atoms with E-state index in [9.17, 15) is 27.4 Å². The zero-order valence-electron chi connectivity index (χ0n) is 30.6. The Balaban J connectivity index is 1.33. The summed E-state index contributed by atoms with van der Waals surface area (Å²) in [5.74, 6) is -0.752. The fourth-order valence-electron chi connectivity index (χ4n) is 6.58. The average Bonchev–Trinajstić information content (AvgIpc) is 3.65. The van der Waals surface area contributed by atoms with Crippen molar-refractivity contribution < 1.29 is 51.4 Å². The van der Waals surface area contributed by atoms with E-state index in [1.54, 1.807) is 6.20 Å². The summed E-state index contributed by atoms with van der Waals surface area (Å²) in [6, 6.07) is 3.80. The largest absolute Gasteiger partial charge is 0.368 e. The van der Waals surface area contributed by atoms with Crippen LogP contribution in [0.5, 0.6) is 0 Å². The molecular weight excluding hydrogens is 743 g/mol. The summed E-state index contributed by atoms with van der Waals surface area (Å²) in [5.41, 5.74) is 5.13. The molecule has 17 nitrogen and oxygen atoms in total. The first-order valence-corrected chi connectivity index (χ1v) is 19.7. The number of carbonyl (C=O) groups is 3. The van der Waals surface area contributed by atoms with Crippen LogP contribution in [0.1, 0.15) is 84.3 Å². The number of rotatable bonds is 17. The number of hydrogen-bond donors (Lipinski definition) is 3. The van der Waals surface area contributed by atoms with Gasteiger partial charge in [0.1, 0.15) is 23.6 Å². The van der Waals surface area contributed by atoms with E-state index in [1.165, 1.54) is 5.55 Å². The smallest absolute Gasteiger partial charge is 0.333 e. The van der Waals surface area contributed by atoms with Crippen molar-refractivity contribution in [3.63, 3.8) is 0 Å². The van der Waals surface area contributed by atoms with Crippen molar-refractivity contribution in [3.8, 4) is 0 Å². The molecule has 2 amide bonds. The number of aliphatic imine (C=N–C) groups is 2. The highest BCUT2D eigenvalue weighted by molar-refractivity contribution is 8.07. The molecule has 2 aromatic rings. The molecule has 1 fully saturated rings. The highest BCUT2D eigenvalue weighted by Gasteiger charge is 2.43. The standard InChI is InChI=1S/C35H43N7O10S2/c1-6-41-28(35(4,5)25-17-23(19-36-32(25)41)38-22-54(47,48)49)12-10-11-27-34(2,3)26-18-24(37-21-53-52-51-46)20-40(33(26)39-27)16-9-7-8-13-31(45)50-42-29(43)14-15-30(42)44/h10-12,17-21,38H,6-9,13-16,22H2,1-5H3,(H-,46,47,48,49)/p+1. The third kappa shape index (κ3) is 9.22. The van der Waals surface area contributed by atoms with Gasteiger partial charge in [-0.25, -0.2) is 24.6 Å². The first-order chi connectivity index (χ1) is 25.6. The summed E-state index contributed by atoms with van der Waals surface area (Å²) < 4.78 is 38.2. The van der Waals surface area contributed by atoms with Crippen molar-refractivity contribution >= 4 is 74.2 Å². The van der Waals surface area contributed by atoms with Crippen molar-refractivity contribution in [1.82, 2.24) is 10.0 Å². The Morgan fingerprint density at radius 2 is 1.85 bits per heavy atom. The van der Waals surface area contributed by atoms with Gasteiger partial charge >= 0.3 is 11.8 Å². The predicted molar refractivity (Wildman–Crippen MR) is 200 cm³/mol. The summed E-state index contributed by atoms with van der Waals surface area (Å²) in [5, 5.41) is 15.4. The minimum Gasteiger partial charge on any atom is -0.368 e. The summed E-state index contributed by atoms with van der Waals surface area (Å²) in [4.78, 5) is 57.0. The Morgan fingerprint density at radius 3 is 2.54 bits per heavy atom. The maximum Gasteiger partial charge on any atom is 0.333 e. The fourth-order valence-corrected chi connectivity index (χ4v) is 7.17. The van der Waals surface area contributed by atoms with Crippen LogP contribution in [0.2, 0.25) is 0 Å². The maximum atomic E-state index is 12.3. The van der Waals surface area contributed by atoms with Crippen molar-refractivity contribution in [3.05, 3.63) is 59.6 Å². The molecule has 1 saturated heterocycles. The van der Waals surface area contributed by atoms with Gasteiger partial charge in [-0.3, -0.25) is 14.1 Å².